The molecule has 1 atom stereocenters. The summed E-state index contributed by atoms with van der Waals surface area (Å²) in [6, 6.07) is 6.07. The summed E-state index contributed by atoms with van der Waals surface area (Å²) in [6.45, 7) is 7.64. The van der Waals surface area contributed by atoms with E-state index in [1.807, 2.05) is 39.8 Å². The number of ether oxygens (including phenoxy) is 2. The van der Waals surface area contributed by atoms with Crippen molar-refractivity contribution in [3.05, 3.63) is 41.1 Å². The van der Waals surface area contributed by atoms with Crippen molar-refractivity contribution in [1.29, 1.82) is 0 Å². The number of nitrogens with zero attached hydrogens (tertiary/aromatic N) is 1. The first-order valence-electron chi connectivity index (χ1n) is 9.22. The number of carbonyl (C=O) groups is 3. The van der Waals surface area contributed by atoms with E-state index in [0.717, 1.165) is 0 Å². The van der Waals surface area contributed by atoms with Gasteiger partial charge in [-0.1, -0.05) is 18.2 Å². The Kier molecular flexibility index (Phi) is 5.31. The zero-order chi connectivity index (χ0) is 20.5. The highest BCUT2D eigenvalue weighted by Gasteiger charge is 2.43. The molecule has 0 unspecified atom stereocenters. The van der Waals surface area contributed by atoms with Gasteiger partial charge in [0.25, 0.3) is 0 Å². The molecule has 0 radical (unpaired) electrons. The molecule has 0 aromatic heterocycles. The van der Waals surface area contributed by atoms with Crippen LogP contribution in [0.4, 0.5) is 4.79 Å². The summed E-state index contributed by atoms with van der Waals surface area (Å²) in [4.78, 5) is 38.8. The van der Waals surface area contributed by atoms with Crippen molar-refractivity contribution in [1.82, 2.24) is 15.5 Å². The van der Waals surface area contributed by atoms with Crippen LogP contribution in [0.25, 0.3) is 0 Å². The lowest BCUT2D eigenvalue weighted by atomic mass is 9.95. The SMILES string of the molecule is CCOc1ccccc1[C@@H]1NC(=O)N(CC(=O)NC(C)(C)C)C2=C1C(=O)OC2. The Balaban J connectivity index is 1.95. The van der Waals surface area contributed by atoms with Crippen LogP contribution in [0.1, 0.15) is 39.3 Å². The largest absolute Gasteiger partial charge is 0.494 e. The molecule has 2 heterocycles. The average molecular weight is 387 g/mol. The minimum absolute atomic E-state index is 0.0440. The Hall–Kier alpha value is -3.03. The topological polar surface area (TPSA) is 97.0 Å². The molecule has 3 rings (SSSR count). The van der Waals surface area contributed by atoms with Crippen LogP contribution < -0.4 is 15.4 Å². The molecule has 1 aromatic rings. The number of para-hydroxylation sites is 1. The van der Waals surface area contributed by atoms with Gasteiger partial charge in [-0.05, 0) is 33.8 Å². The van der Waals surface area contributed by atoms with E-state index in [2.05, 4.69) is 10.6 Å². The number of rotatable bonds is 5. The van der Waals surface area contributed by atoms with E-state index in [9.17, 15) is 14.4 Å². The summed E-state index contributed by atoms with van der Waals surface area (Å²) in [7, 11) is 0. The van der Waals surface area contributed by atoms with E-state index in [1.54, 1.807) is 12.1 Å². The number of hydrogen-bond acceptors (Lipinski definition) is 5. The highest BCUT2D eigenvalue weighted by atomic mass is 16.5. The Morgan fingerprint density at radius 1 is 1.32 bits per heavy atom. The van der Waals surface area contributed by atoms with E-state index in [-0.39, 0.29) is 19.1 Å². The number of urea groups is 1. The normalized spacial score (nSPS) is 19.1. The van der Waals surface area contributed by atoms with Gasteiger partial charge in [0.2, 0.25) is 5.91 Å². The molecule has 8 heteroatoms. The van der Waals surface area contributed by atoms with Crippen molar-refractivity contribution in [2.24, 2.45) is 0 Å². The van der Waals surface area contributed by atoms with Crippen molar-refractivity contribution < 1.29 is 23.9 Å². The predicted molar refractivity (Wildman–Crippen MR) is 101 cm³/mol. The van der Waals surface area contributed by atoms with Gasteiger partial charge >= 0.3 is 12.0 Å². The summed E-state index contributed by atoms with van der Waals surface area (Å²) >= 11 is 0. The molecule has 0 saturated carbocycles. The minimum Gasteiger partial charge on any atom is -0.494 e. The molecule has 2 aliphatic rings. The van der Waals surface area contributed by atoms with Crippen LogP contribution in [0.15, 0.2) is 35.5 Å². The predicted octanol–water partition coefficient (Wildman–Crippen LogP) is 1.88. The molecule has 150 valence electrons. The van der Waals surface area contributed by atoms with E-state index < -0.39 is 23.6 Å². The second kappa shape index (κ2) is 7.53. The lowest BCUT2D eigenvalue weighted by molar-refractivity contribution is -0.136. The number of carbonyl (C=O) groups excluding carboxylic acids is 3. The van der Waals surface area contributed by atoms with Gasteiger partial charge < -0.3 is 20.1 Å². The maximum atomic E-state index is 12.8. The van der Waals surface area contributed by atoms with Gasteiger partial charge in [0.15, 0.2) is 0 Å². The number of amides is 3. The molecule has 0 bridgehead atoms. The van der Waals surface area contributed by atoms with Gasteiger partial charge in [-0.15, -0.1) is 0 Å². The van der Waals surface area contributed by atoms with Crippen molar-refractivity contribution in [2.75, 3.05) is 19.8 Å². The number of esters is 1. The first kappa shape index (κ1) is 19.7. The second-order valence-corrected chi connectivity index (χ2v) is 7.67. The summed E-state index contributed by atoms with van der Waals surface area (Å²) in [5.74, 6) is -0.240. The van der Waals surface area contributed by atoms with E-state index in [4.69, 9.17) is 9.47 Å². The summed E-state index contributed by atoms with van der Waals surface area (Å²) in [6.07, 6.45) is 0. The quantitative estimate of drug-likeness (QED) is 0.752. The van der Waals surface area contributed by atoms with Gasteiger partial charge in [0.1, 0.15) is 18.9 Å². The van der Waals surface area contributed by atoms with Crippen LogP contribution in [0.2, 0.25) is 0 Å². The summed E-state index contributed by atoms with van der Waals surface area (Å²) in [5, 5.41) is 5.64. The van der Waals surface area contributed by atoms with Crippen LogP contribution in [-0.2, 0) is 14.3 Å². The Morgan fingerprint density at radius 2 is 2.04 bits per heavy atom. The first-order valence-corrected chi connectivity index (χ1v) is 9.22. The Labute approximate surface area is 163 Å². The number of cyclic esters (lactones) is 1. The molecule has 0 spiro atoms. The minimum atomic E-state index is -0.692. The molecule has 1 aromatic carbocycles. The van der Waals surface area contributed by atoms with Crippen LogP contribution >= 0.6 is 0 Å². The van der Waals surface area contributed by atoms with Gasteiger partial charge in [-0.2, -0.15) is 0 Å². The molecule has 2 N–H and O–H groups in total. The van der Waals surface area contributed by atoms with Crippen molar-refractivity contribution in [2.45, 2.75) is 39.3 Å². The zero-order valence-electron chi connectivity index (χ0n) is 16.5. The number of hydrogen-bond donors (Lipinski definition) is 2. The van der Waals surface area contributed by atoms with Crippen LogP contribution in [0.5, 0.6) is 5.75 Å². The molecule has 2 aliphatic heterocycles. The lowest BCUT2D eigenvalue weighted by Gasteiger charge is -2.33. The molecule has 0 saturated heterocycles. The maximum absolute atomic E-state index is 12.8. The standard InChI is InChI=1S/C20H25N3O5/c1-5-27-14-9-7-6-8-12(14)17-16-13(11-28-18(16)25)23(19(26)21-17)10-15(24)22-20(2,3)4/h6-9,17H,5,10-11H2,1-4H3,(H,21,26)(H,22,24)/t17-/m0/s1. The Morgan fingerprint density at radius 3 is 2.71 bits per heavy atom. The van der Waals surface area contributed by atoms with Crippen LogP contribution in [-0.4, -0.2) is 48.1 Å². The number of benzene rings is 1. The van der Waals surface area contributed by atoms with Crippen molar-refractivity contribution in [3.63, 3.8) is 0 Å². The fourth-order valence-corrected chi connectivity index (χ4v) is 3.32. The summed E-state index contributed by atoms with van der Waals surface area (Å²) < 4.78 is 10.8. The zero-order valence-corrected chi connectivity index (χ0v) is 16.5. The fourth-order valence-electron chi connectivity index (χ4n) is 3.32. The van der Waals surface area contributed by atoms with Crippen LogP contribution in [0.3, 0.4) is 0 Å². The first-order chi connectivity index (χ1) is 13.2. The third kappa shape index (κ3) is 3.95. The molecule has 8 nitrogen and oxygen atoms in total. The van der Waals surface area contributed by atoms with Gasteiger partial charge in [-0.3, -0.25) is 9.69 Å². The molecular weight excluding hydrogens is 362 g/mol. The highest BCUT2D eigenvalue weighted by molar-refractivity contribution is 5.98. The smallest absolute Gasteiger partial charge is 0.338 e. The summed E-state index contributed by atoms with van der Waals surface area (Å²) in [5.41, 5.74) is 0.980. The molecule has 0 aliphatic carbocycles. The lowest BCUT2D eigenvalue weighted by Crippen LogP contribution is -2.52. The van der Waals surface area contributed by atoms with Gasteiger partial charge in [0, 0.05) is 11.1 Å². The van der Waals surface area contributed by atoms with E-state index in [0.29, 0.717) is 29.2 Å². The van der Waals surface area contributed by atoms with E-state index >= 15 is 0 Å². The van der Waals surface area contributed by atoms with Crippen molar-refractivity contribution >= 4 is 17.9 Å². The number of nitrogens with one attached hydrogen (secondary N) is 2. The maximum Gasteiger partial charge on any atom is 0.338 e. The highest BCUT2D eigenvalue weighted by Crippen LogP contribution is 2.38. The third-order valence-electron chi connectivity index (χ3n) is 4.34. The third-order valence-corrected chi connectivity index (χ3v) is 4.34. The molecule has 0 fully saturated rings. The van der Waals surface area contributed by atoms with Gasteiger partial charge in [-0.25, -0.2) is 9.59 Å². The van der Waals surface area contributed by atoms with E-state index in [1.165, 1.54) is 4.90 Å². The monoisotopic (exact) mass is 387 g/mol. The average Bonchev–Trinajstić information content (AvgIpc) is 2.98. The van der Waals surface area contributed by atoms with Crippen molar-refractivity contribution in [3.8, 4) is 5.75 Å². The fraction of sp³-hybridized carbons (Fsp3) is 0.450. The van der Waals surface area contributed by atoms with Crippen LogP contribution in [0, 0.1) is 0 Å². The Bertz CT molecular complexity index is 840. The van der Waals surface area contributed by atoms with Gasteiger partial charge in [0.05, 0.1) is 23.9 Å². The molecular formula is C20H25N3O5. The molecule has 3 amide bonds. The second-order valence-electron chi connectivity index (χ2n) is 7.67. The molecule has 28 heavy (non-hydrogen) atoms.